The highest BCUT2D eigenvalue weighted by molar-refractivity contribution is 7.23. The average Bonchev–Trinajstić information content (AvgIpc) is 1.56. The number of hydrogen-bond donors (Lipinski definition) is 0. The zero-order valence-electron chi connectivity index (χ0n) is 55.4. The van der Waals surface area contributed by atoms with Crippen LogP contribution < -0.4 is 9.80 Å². The van der Waals surface area contributed by atoms with Crippen molar-refractivity contribution in [1.29, 1.82) is 0 Å². The molecule has 0 radical (unpaired) electrons. The maximum atomic E-state index is 6.00. The van der Waals surface area contributed by atoms with Gasteiger partial charge in [-0.1, -0.05) is 219 Å². The molecular weight excluding hydrogens is 1250 g/mol. The molecule has 99 heavy (non-hydrogen) atoms. The summed E-state index contributed by atoms with van der Waals surface area (Å²) in [5.41, 5.74) is 24.3. The SMILES string of the molecule is c1ccc(N(c2ccccc2)c2ccc(-c3c(-c4ccc5c(c4)C(CCCCc4cccc(C6OCCO6)c4)(CCCCc4cccc(C6OCCO6)c4)c4cc(-c6sc7ccccc7c6-c6ccc(N(c7ccccc7)c7ccccc7)cc6)ccc4-5)sc4ccccc34)cc2)cc1. The smallest absolute Gasteiger partial charge is 0.184 e. The zero-order chi connectivity index (χ0) is 65.9. The van der Waals surface area contributed by atoms with Crippen molar-refractivity contribution in [2.75, 3.05) is 36.2 Å². The standard InChI is InChI=1S/C91H76N2O4S2/c1-5-29-71(30-6-1)92(72-31-7-2-8-32-72)75-47-41-65(42-48-75)85-79-37-13-15-39-83(79)98-87(85)67-45-51-77-78-52-46-68(88-86(80-38-14-16-40-84(80)99-88)66-43-49-76(50-44-66)93(73-33-9-3-10-34-73)74-35-11-4-12-36-74)62-82(78)91(81(77)61-67,53-19-17-23-63-25-21-27-69(59-63)89-94-55-56-95-89)54-20-18-24-64-26-22-28-70(60-64)90-96-57-58-97-90/h1-16,21-22,25-52,59-62,89-90H,17-20,23-24,53-58H2. The molecule has 2 aliphatic heterocycles. The molecule has 486 valence electrons. The zero-order valence-corrected chi connectivity index (χ0v) is 57.0. The number of hydrogen-bond acceptors (Lipinski definition) is 8. The fourth-order valence-corrected chi connectivity index (χ4v) is 18.1. The van der Waals surface area contributed by atoms with Gasteiger partial charge in [-0.2, -0.15) is 0 Å². The minimum atomic E-state index is -0.314. The van der Waals surface area contributed by atoms with Crippen molar-refractivity contribution in [2.45, 2.75) is 69.4 Å². The van der Waals surface area contributed by atoms with Gasteiger partial charge in [-0.05, 0) is 191 Å². The Morgan fingerprint density at radius 3 is 1.04 bits per heavy atom. The Kier molecular flexibility index (Phi) is 17.7. The number of nitrogens with zero attached hydrogens (tertiary/aromatic N) is 2. The van der Waals surface area contributed by atoms with E-state index in [0.717, 1.165) is 96.6 Å². The molecule has 2 saturated heterocycles. The van der Waals surface area contributed by atoms with Gasteiger partial charge in [0.25, 0.3) is 0 Å². The summed E-state index contributed by atoms with van der Waals surface area (Å²) < 4.78 is 26.6. The third-order valence-electron chi connectivity index (χ3n) is 20.3. The number of fused-ring (bicyclic) bond motifs is 5. The van der Waals surface area contributed by atoms with E-state index in [1.165, 1.54) is 96.7 Å². The molecule has 4 heterocycles. The van der Waals surface area contributed by atoms with Crippen LogP contribution >= 0.6 is 22.7 Å². The van der Waals surface area contributed by atoms with Gasteiger partial charge in [-0.25, -0.2) is 0 Å². The van der Waals surface area contributed by atoms with Gasteiger partial charge in [0.1, 0.15) is 0 Å². The van der Waals surface area contributed by atoms with Gasteiger partial charge in [-0.3, -0.25) is 0 Å². The highest BCUT2D eigenvalue weighted by Crippen LogP contribution is 2.58. The van der Waals surface area contributed by atoms with E-state index in [4.69, 9.17) is 18.9 Å². The first-order chi connectivity index (χ1) is 49.1. The molecule has 12 aromatic carbocycles. The number of benzene rings is 12. The molecule has 2 fully saturated rings. The molecule has 0 atom stereocenters. The van der Waals surface area contributed by atoms with Crippen LogP contribution in [0.4, 0.5) is 34.1 Å². The molecular formula is C91H76N2O4S2. The maximum Gasteiger partial charge on any atom is 0.184 e. The molecule has 0 amide bonds. The third kappa shape index (κ3) is 12.5. The number of aryl methyl sites for hydroxylation is 2. The number of rotatable bonds is 22. The topological polar surface area (TPSA) is 43.4 Å². The van der Waals surface area contributed by atoms with Crippen molar-refractivity contribution in [3.8, 4) is 54.3 Å². The number of anilines is 6. The van der Waals surface area contributed by atoms with E-state index >= 15 is 0 Å². The van der Waals surface area contributed by atoms with Gasteiger partial charge in [0.05, 0.1) is 26.4 Å². The summed E-state index contributed by atoms with van der Waals surface area (Å²) in [5, 5.41) is 2.55. The fourth-order valence-electron chi connectivity index (χ4n) is 15.7. The van der Waals surface area contributed by atoms with Gasteiger partial charge in [-0.15, -0.1) is 22.7 Å². The van der Waals surface area contributed by atoms with Crippen molar-refractivity contribution >= 4 is 77.0 Å². The van der Waals surface area contributed by atoms with Crippen LogP contribution in [0.25, 0.3) is 74.4 Å². The number of ether oxygens (including phenoxy) is 4. The van der Waals surface area contributed by atoms with Gasteiger partial charge in [0.2, 0.25) is 0 Å². The molecule has 3 aliphatic rings. The molecule has 14 aromatic rings. The molecule has 17 rings (SSSR count). The fraction of sp³-hybridized carbons (Fsp3) is 0.165. The Morgan fingerprint density at radius 1 is 0.313 bits per heavy atom. The van der Waals surface area contributed by atoms with Gasteiger partial charge in [0, 0.05) is 91.7 Å². The monoisotopic (exact) mass is 1320 g/mol. The second kappa shape index (κ2) is 28.1. The Bertz CT molecular complexity index is 4720. The van der Waals surface area contributed by atoms with Crippen molar-refractivity contribution in [3.63, 3.8) is 0 Å². The largest absolute Gasteiger partial charge is 0.346 e. The number of unbranched alkanes of at least 4 members (excludes halogenated alkanes) is 2. The van der Waals surface area contributed by atoms with Crippen LogP contribution in [0.3, 0.4) is 0 Å². The van der Waals surface area contributed by atoms with Crippen LogP contribution in [-0.4, -0.2) is 26.4 Å². The Labute approximate surface area is 588 Å². The van der Waals surface area contributed by atoms with E-state index in [1.54, 1.807) is 0 Å². The van der Waals surface area contributed by atoms with Crippen molar-refractivity contribution in [3.05, 3.63) is 337 Å². The summed E-state index contributed by atoms with van der Waals surface area (Å²) >= 11 is 3.84. The van der Waals surface area contributed by atoms with E-state index in [0.29, 0.717) is 26.4 Å². The molecule has 2 aromatic heterocycles. The quantitative estimate of drug-likeness (QED) is 0.0630. The van der Waals surface area contributed by atoms with Gasteiger partial charge < -0.3 is 28.7 Å². The highest BCUT2D eigenvalue weighted by Gasteiger charge is 2.43. The van der Waals surface area contributed by atoms with Crippen molar-refractivity contribution in [2.24, 2.45) is 0 Å². The normalized spacial score (nSPS) is 14.3. The molecule has 0 bridgehead atoms. The lowest BCUT2D eigenvalue weighted by atomic mass is 9.70. The summed E-state index contributed by atoms with van der Waals surface area (Å²) in [7, 11) is 0. The molecule has 0 spiro atoms. The van der Waals surface area contributed by atoms with E-state index in [1.807, 2.05) is 22.7 Å². The van der Waals surface area contributed by atoms with Gasteiger partial charge >= 0.3 is 0 Å². The summed E-state index contributed by atoms with van der Waals surface area (Å²) in [5.74, 6) is 0. The second-order valence-corrected chi connectivity index (χ2v) is 28.5. The molecule has 1 aliphatic carbocycles. The second-order valence-electron chi connectivity index (χ2n) is 26.4. The summed E-state index contributed by atoms with van der Waals surface area (Å²) in [6, 6.07) is 112. The average molecular weight is 1330 g/mol. The molecule has 0 N–H and O–H groups in total. The van der Waals surface area contributed by atoms with Crippen LogP contribution in [0, 0.1) is 0 Å². The van der Waals surface area contributed by atoms with Crippen LogP contribution in [0.1, 0.15) is 84.5 Å². The Balaban J connectivity index is 0.790. The van der Waals surface area contributed by atoms with E-state index in [2.05, 4.69) is 313 Å². The van der Waals surface area contributed by atoms with Gasteiger partial charge in [0.15, 0.2) is 12.6 Å². The predicted molar refractivity (Wildman–Crippen MR) is 412 cm³/mol. The Hall–Kier alpha value is -10.0. The molecule has 0 unspecified atom stereocenters. The summed E-state index contributed by atoms with van der Waals surface area (Å²) in [4.78, 5) is 7.28. The van der Waals surface area contributed by atoms with Crippen molar-refractivity contribution < 1.29 is 18.9 Å². The summed E-state index contributed by atoms with van der Waals surface area (Å²) in [6.45, 7) is 2.50. The molecule has 6 nitrogen and oxygen atoms in total. The first-order valence-corrected chi connectivity index (χ1v) is 36.7. The van der Waals surface area contributed by atoms with Crippen LogP contribution in [0.15, 0.2) is 303 Å². The first kappa shape index (κ1) is 62.5. The lowest BCUT2D eigenvalue weighted by molar-refractivity contribution is -0.0443. The Morgan fingerprint density at radius 2 is 0.657 bits per heavy atom. The third-order valence-corrected chi connectivity index (χ3v) is 22.7. The predicted octanol–water partition coefficient (Wildman–Crippen LogP) is 24.9. The highest BCUT2D eigenvalue weighted by atomic mass is 32.1. The molecule has 0 saturated carbocycles. The van der Waals surface area contributed by atoms with E-state index in [-0.39, 0.29) is 18.0 Å². The van der Waals surface area contributed by atoms with Crippen LogP contribution in [-0.2, 0) is 37.2 Å². The minimum absolute atomic E-state index is 0.300. The van der Waals surface area contributed by atoms with E-state index in [9.17, 15) is 0 Å². The van der Waals surface area contributed by atoms with Crippen LogP contribution in [0.5, 0.6) is 0 Å². The number of para-hydroxylation sites is 4. The lowest BCUT2D eigenvalue weighted by Crippen LogP contribution is -2.26. The number of thiophene rings is 2. The first-order valence-electron chi connectivity index (χ1n) is 35.1. The molecule has 8 heteroatoms. The lowest BCUT2D eigenvalue weighted by Gasteiger charge is -2.33. The van der Waals surface area contributed by atoms with Crippen molar-refractivity contribution in [1.82, 2.24) is 0 Å². The van der Waals surface area contributed by atoms with E-state index < -0.39 is 0 Å². The summed E-state index contributed by atoms with van der Waals surface area (Å²) in [6.07, 6.45) is 7.53. The minimum Gasteiger partial charge on any atom is -0.346 e. The maximum absolute atomic E-state index is 6.00. The van der Waals surface area contributed by atoms with Crippen LogP contribution in [0.2, 0.25) is 0 Å².